The van der Waals surface area contributed by atoms with Gasteiger partial charge in [-0.1, -0.05) is 0 Å². The molecule has 0 spiro atoms. The van der Waals surface area contributed by atoms with Gasteiger partial charge in [-0.15, -0.1) is 0 Å². The Morgan fingerprint density at radius 2 is 1.71 bits per heavy atom. The van der Waals surface area contributed by atoms with Crippen molar-refractivity contribution in [3.63, 3.8) is 0 Å². The number of hydrogen-bond acceptors (Lipinski definition) is 5. The molecule has 7 heteroatoms. The van der Waals surface area contributed by atoms with Crippen molar-refractivity contribution in [3.8, 4) is 0 Å². The van der Waals surface area contributed by atoms with E-state index in [1.165, 1.54) is 0 Å². The van der Waals surface area contributed by atoms with Gasteiger partial charge in [0, 0.05) is 25.3 Å². The molecule has 0 saturated carbocycles. The summed E-state index contributed by atoms with van der Waals surface area (Å²) in [5.74, 6) is 5.41. The fraction of sp³-hybridized carbons (Fsp3) is 0.571. The molecular weight excluding hydrogens is 288 g/mol. The third kappa shape index (κ3) is 3.37. The van der Waals surface area contributed by atoms with Crippen LogP contribution < -0.4 is 11.3 Å². The Kier molecular flexibility index (Phi) is 4.88. The summed E-state index contributed by atoms with van der Waals surface area (Å²) in [6.45, 7) is 6.42. The molecule has 0 bridgehead atoms. The molecule has 0 amide bonds. The largest absolute Gasteiger partial charge is 0.324 e. The number of anilines is 1. The van der Waals surface area contributed by atoms with Gasteiger partial charge in [0.15, 0.2) is 0 Å². The van der Waals surface area contributed by atoms with Crippen molar-refractivity contribution in [1.82, 2.24) is 9.21 Å². The lowest BCUT2D eigenvalue weighted by atomic mass is 10.1. The summed E-state index contributed by atoms with van der Waals surface area (Å²) in [7, 11) is -1.43. The predicted octanol–water partition coefficient (Wildman–Crippen LogP) is 0.915. The first kappa shape index (κ1) is 16.2. The maximum Gasteiger partial charge on any atom is 0.243 e. The topological polar surface area (TPSA) is 78.7 Å². The van der Waals surface area contributed by atoms with Gasteiger partial charge in [0.2, 0.25) is 10.0 Å². The molecule has 1 aromatic carbocycles. The molecule has 0 aromatic heterocycles. The van der Waals surface area contributed by atoms with E-state index in [1.54, 1.807) is 16.4 Å². The van der Waals surface area contributed by atoms with Crippen LogP contribution in [0.15, 0.2) is 17.0 Å². The van der Waals surface area contributed by atoms with E-state index in [9.17, 15) is 8.42 Å². The van der Waals surface area contributed by atoms with Gasteiger partial charge in [0.1, 0.15) is 0 Å². The summed E-state index contributed by atoms with van der Waals surface area (Å²) in [6.07, 6.45) is 0.857. The second-order valence-electron chi connectivity index (χ2n) is 5.64. The van der Waals surface area contributed by atoms with Gasteiger partial charge in [0.05, 0.1) is 4.90 Å². The molecule has 1 fully saturated rings. The average molecular weight is 312 g/mol. The van der Waals surface area contributed by atoms with E-state index in [4.69, 9.17) is 5.84 Å². The van der Waals surface area contributed by atoms with Gasteiger partial charge in [-0.25, -0.2) is 8.42 Å². The van der Waals surface area contributed by atoms with Crippen molar-refractivity contribution >= 4 is 15.7 Å². The third-order valence-electron chi connectivity index (χ3n) is 3.90. The van der Waals surface area contributed by atoms with Gasteiger partial charge < -0.3 is 10.3 Å². The maximum absolute atomic E-state index is 12.9. The van der Waals surface area contributed by atoms with Gasteiger partial charge in [-0.3, -0.25) is 5.84 Å². The summed E-state index contributed by atoms with van der Waals surface area (Å²) >= 11 is 0. The Labute approximate surface area is 126 Å². The van der Waals surface area contributed by atoms with Crippen LogP contribution in [0.5, 0.6) is 0 Å². The number of likely N-dealkylation sites (N-methyl/N-ethyl adjacent to an activating group) is 1. The van der Waals surface area contributed by atoms with Crippen LogP contribution in [0.2, 0.25) is 0 Å². The molecule has 6 nitrogen and oxygen atoms in total. The third-order valence-corrected chi connectivity index (χ3v) is 6.11. The van der Waals surface area contributed by atoms with E-state index in [0.29, 0.717) is 18.0 Å². The average Bonchev–Trinajstić information content (AvgIpc) is 2.62. The molecule has 0 radical (unpaired) electrons. The molecule has 3 N–H and O–H groups in total. The molecule has 2 rings (SSSR count). The van der Waals surface area contributed by atoms with Crippen molar-refractivity contribution in [3.05, 3.63) is 23.3 Å². The first-order valence-electron chi connectivity index (χ1n) is 7.13. The number of sulfonamides is 1. The normalized spacial score (nSPS) is 18.5. The first-order valence-corrected chi connectivity index (χ1v) is 8.57. The lowest BCUT2D eigenvalue weighted by Crippen LogP contribution is -2.35. The van der Waals surface area contributed by atoms with Crippen LogP contribution in [0.4, 0.5) is 5.69 Å². The standard InChI is InChI=1S/C14H24N4O2S/c1-11-9-13(16-15)10-12(2)14(11)21(19,20)18-6-4-5-17(3)7-8-18/h9-10,16H,4-8,15H2,1-3H3. The summed E-state index contributed by atoms with van der Waals surface area (Å²) in [4.78, 5) is 2.57. The minimum atomic E-state index is -3.46. The molecule has 1 aliphatic heterocycles. The number of hydrogen-bond donors (Lipinski definition) is 2. The minimum absolute atomic E-state index is 0.408. The van der Waals surface area contributed by atoms with Crippen LogP contribution in [0.25, 0.3) is 0 Å². The Balaban J connectivity index is 2.39. The predicted molar refractivity (Wildman–Crippen MR) is 84.6 cm³/mol. The lowest BCUT2D eigenvalue weighted by Gasteiger charge is -2.23. The number of nitrogens with zero attached hydrogens (tertiary/aromatic N) is 2. The molecular formula is C14H24N4O2S. The van der Waals surface area contributed by atoms with E-state index in [0.717, 1.165) is 36.3 Å². The molecule has 1 aliphatic rings. The Morgan fingerprint density at radius 1 is 1.10 bits per heavy atom. The van der Waals surface area contributed by atoms with E-state index >= 15 is 0 Å². The Morgan fingerprint density at radius 3 is 2.29 bits per heavy atom. The Bertz CT molecular complexity index is 592. The van der Waals surface area contributed by atoms with Crippen LogP contribution in [0.3, 0.4) is 0 Å². The molecule has 1 heterocycles. The molecule has 1 saturated heterocycles. The van der Waals surface area contributed by atoms with E-state index in [-0.39, 0.29) is 0 Å². The van der Waals surface area contributed by atoms with Crippen LogP contribution in [-0.2, 0) is 10.0 Å². The zero-order valence-electron chi connectivity index (χ0n) is 12.9. The molecule has 1 aromatic rings. The second kappa shape index (κ2) is 6.31. The monoisotopic (exact) mass is 312 g/mol. The lowest BCUT2D eigenvalue weighted by molar-refractivity contribution is 0.347. The molecule has 21 heavy (non-hydrogen) atoms. The van der Waals surface area contributed by atoms with Crippen molar-refractivity contribution in [2.45, 2.75) is 25.2 Å². The first-order chi connectivity index (χ1) is 9.86. The number of nitrogens with one attached hydrogen (secondary N) is 1. The highest BCUT2D eigenvalue weighted by Crippen LogP contribution is 2.27. The quantitative estimate of drug-likeness (QED) is 0.641. The molecule has 0 atom stereocenters. The van der Waals surface area contributed by atoms with Crippen molar-refractivity contribution < 1.29 is 8.42 Å². The number of aryl methyl sites for hydroxylation is 2. The van der Waals surface area contributed by atoms with Crippen LogP contribution in [0, 0.1) is 13.8 Å². The van der Waals surface area contributed by atoms with Crippen LogP contribution >= 0.6 is 0 Å². The highest BCUT2D eigenvalue weighted by molar-refractivity contribution is 7.89. The van der Waals surface area contributed by atoms with E-state index in [1.807, 2.05) is 20.9 Å². The summed E-state index contributed by atoms with van der Waals surface area (Å²) in [5.41, 5.74) is 4.73. The maximum atomic E-state index is 12.9. The summed E-state index contributed by atoms with van der Waals surface area (Å²) < 4.78 is 27.5. The zero-order valence-corrected chi connectivity index (χ0v) is 13.7. The smallest absolute Gasteiger partial charge is 0.243 e. The number of rotatable bonds is 3. The zero-order chi connectivity index (χ0) is 15.6. The number of nitrogens with two attached hydrogens (primary N) is 1. The fourth-order valence-corrected chi connectivity index (χ4v) is 4.71. The number of nitrogen functional groups attached to an aromatic ring is 1. The van der Waals surface area contributed by atoms with Crippen LogP contribution in [0.1, 0.15) is 17.5 Å². The van der Waals surface area contributed by atoms with Gasteiger partial charge in [0.25, 0.3) is 0 Å². The molecule has 0 aliphatic carbocycles. The summed E-state index contributed by atoms with van der Waals surface area (Å²) in [5, 5.41) is 0. The highest BCUT2D eigenvalue weighted by atomic mass is 32.2. The van der Waals surface area contributed by atoms with Crippen LogP contribution in [-0.4, -0.2) is 50.8 Å². The molecule has 118 valence electrons. The number of hydrazine groups is 1. The van der Waals surface area contributed by atoms with Gasteiger partial charge >= 0.3 is 0 Å². The second-order valence-corrected chi connectivity index (χ2v) is 7.52. The van der Waals surface area contributed by atoms with E-state index in [2.05, 4.69) is 10.3 Å². The van der Waals surface area contributed by atoms with Crippen molar-refractivity contribution in [2.75, 3.05) is 38.7 Å². The Hall–Kier alpha value is -1.15. The van der Waals surface area contributed by atoms with E-state index < -0.39 is 10.0 Å². The molecule has 0 unspecified atom stereocenters. The van der Waals surface area contributed by atoms with Crippen molar-refractivity contribution in [1.29, 1.82) is 0 Å². The minimum Gasteiger partial charge on any atom is -0.324 e. The number of benzene rings is 1. The SMILES string of the molecule is Cc1cc(NN)cc(C)c1S(=O)(=O)N1CCCN(C)CC1. The van der Waals surface area contributed by atoms with Gasteiger partial charge in [-0.2, -0.15) is 4.31 Å². The van der Waals surface area contributed by atoms with Gasteiger partial charge in [-0.05, 0) is 57.1 Å². The van der Waals surface area contributed by atoms with Crippen molar-refractivity contribution in [2.24, 2.45) is 5.84 Å². The summed E-state index contributed by atoms with van der Waals surface area (Å²) in [6, 6.07) is 3.54. The fourth-order valence-electron chi connectivity index (χ4n) is 2.83. The highest BCUT2D eigenvalue weighted by Gasteiger charge is 2.29.